The zero-order chi connectivity index (χ0) is 14.8. The van der Waals surface area contributed by atoms with Gasteiger partial charge in [0.15, 0.2) is 5.82 Å². The molecule has 2 aromatic heterocycles. The van der Waals surface area contributed by atoms with Gasteiger partial charge in [0.05, 0.1) is 5.56 Å². The van der Waals surface area contributed by atoms with Crippen molar-refractivity contribution >= 4 is 17.2 Å². The largest absolute Gasteiger partial charge is 0.351 e. The zero-order valence-electron chi connectivity index (χ0n) is 11.1. The fourth-order valence-corrected chi connectivity index (χ4v) is 2.59. The predicted molar refractivity (Wildman–Crippen MR) is 73.8 cm³/mol. The molecule has 0 unspecified atom stereocenters. The van der Waals surface area contributed by atoms with Crippen LogP contribution in [0, 0.1) is 11.8 Å². The Balaban J connectivity index is 2.08. The van der Waals surface area contributed by atoms with E-state index in [-0.39, 0.29) is 11.0 Å². The van der Waals surface area contributed by atoms with Crippen molar-refractivity contribution < 1.29 is 13.6 Å². The molecule has 3 nitrogen and oxygen atoms in total. The first-order valence-corrected chi connectivity index (χ1v) is 6.92. The lowest BCUT2D eigenvalue weighted by molar-refractivity contribution is 0.0940. The van der Waals surface area contributed by atoms with Crippen molar-refractivity contribution in [1.29, 1.82) is 0 Å². The summed E-state index contributed by atoms with van der Waals surface area (Å²) in [5, 5.41) is 4.58. The minimum Gasteiger partial charge on any atom is -0.351 e. The molecular weight excluding hydrogens is 282 g/mol. The third-order valence-corrected chi connectivity index (χ3v) is 4.21. The summed E-state index contributed by atoms with van der Waals surface area (Å²) in [5.41, 5.74) is -0.606. The van der Waals surface area contributed by atoms with Crippen LogP contribution in [-0.2, 0) is 5.41 Å². The normalized spacial score (nSPS) is 11.4. The van der Waals surface area contributed by atoms with Crippen LogP contribution in [0.2, 0.25) is 0 Å². The van der Waals surface area contributed by atoms with Crippen LogP contribution < -0.4 is 5.32 Å². The Bertz CT molecular complexity index is 612. The molecule has 0 aliphatic carbocycles. The highest BCUT2D eigenvalue weighted by Crippen LogP contribution is 2.26. The monoisotopic (exact) mass is 296 g/mol. The summed E-state index contributed by atoms with van der Waals surface area (Å²) < 4.78 is 26.4. The molecule has 20 heavy (non-hydrogen) atoms. The summed E-state index contributed by atoms with van der Waals surface area (Å²) in [4.78, 5) is 16.2. The number of amides is 1. The number of thiophene rings is 1. The first-order chi connectivity index (χ1) is 9.42. The topological polar surface area (TPSA) is 42.0 Å². The van der Waals surface area contributed by atoms with Gasteiger partial charge >= 0.3 is 0 Å². The highest BCUT2D eigenvalue weighted by atomic mass is 32.1. The molecular formula is C14H14F2N2OS. The van der Waals surface area contributed by atoms with Crippen molar-refractivity contribution in [3.8, 4) is 0 Å². The standard InChI is InChI=1S/C14H14F2N2OS/c1-14(2,10-4-3-7-20-10)8-18-13(19)9-5-6-17-12(16)11(9)15/h3-7H,8H2,1-2H3,(H,18,19). The first-order valence-electron chi connectivity index (χ1n) is 6.04. The fourth-order valence-electron chi connectivity index (χ4n) is 1.74. The third-order valence-electron chi connectivity index (χ3n) is 2.97. The molecule has 2 aromatic rings. The van der Waals surface area contributed by atoms with Crippen molar-refractivity contribution in [3.05, 3.63) is 52.0 Å². The summed E-state index contributed by atoms with van der Waals surface area (Å²) in [5.74, 6) is -3.14. The van der Waals surface area contributed by atoms with Gasteiger partial charge in [0.1, 0.15) is 0 Å². The summed E-state index contributed by atoms with van der Waals surface area (Å²) >= 11 is 1.59. The Kier molecular flexibility index (Phi) is 4.13. The molecule has 2 rings (SSSR count). The molecule has 0 fully saturated rings. The zero-order valence-corrected chi connectivity index (χ0v) is 11.9. The minimum atomic E-state index is -1.27. The number of hydrogen-bond donors (Lipinski definition) is 1. The van der Waals surface area contributed by atoms with Crippen molar-refractivity contribution in [2.45, 2.75) is 19.3 Å². The van der Waals surface area contributed by atoms with Gasteiger partial charge in [-0.2, -0.15) is 4.39 Å². The van der Waals surface area contributed by atoms with Crippen LogP contribution >= 0.6 is 11.3 Å². The molecule has 1 amide bonds. The average Bonchev–Trinajstić information content (AvgIpc) is 2.94. The molecule has 2 heterocycles. The summed E-state index contributed by atoms with van der Waals surface area (Å²) in [7, 11) is 0. The lowest BCUT2D eigenvalue weighted by Gasteiger charge is -2.23. The fraction of sp³-hybridized carbons (Fsp3) is 0.286. The highest BCUT2D eigenvalue weighted by molar-refractivity contribution is 7.10. The predicted octanol–water partition coefficient (Wildman–Crippen LogP) is 3.13. The van der Waals surface area contributed by atoms with E-state index in [2.05, 4.69) is 10.3 Å². The van der Waals surface area contributed by atoms with Gasteiger partial charge in [-0.3, -0.25) is 4.79 Å². The molecule has 0 aliphatic heterocycles. The quantitative estimate of drug-likeness (QED) is 0.881. The second kappa shape index (κ2) is 5.66. The Morgan fingerprint density at radius 2 is 2.15 bits per heavy atom. The second-order valence-electron chi connectivity index (χ2n) is 5.01. The lowest BCUT2D eigenvalue weighted by atomic mass is 9.91. The van der Waals surface area contributed by atoms with Crippen LogP contribution in [0.25, 0.3) is 0 Å². The maximum atomic E-state index is 13.4. The second-order valence-corrected chi connectivity index (χ2v) is 5.95. The van der Waals surface area contributed by atoms with Gasteiger partial charge in [0.25, 0.3) is 5.91 Å². The number of hydrogen-bond acceptors (Lipinski definition) is 3. The van der Waals surface area contributed by atoms with Crippen LogP contribution in [0.1, 0.15) is 29.1 Å². The van der Waals surface area contributed by atoms with Gasteiger partial charge in [-0.1, -0.05) is 19.9 Å². The third kappa shape index (κ3) is 3.01. The van der Waals surface area contributed by atoms with Crippen molar-refractivity contribution in [1.82, 2.24) is 10.3 Å². The van der Waals surface area contributed by atoms with Crippen molar-refractivity contribution in [3.63, 3.8) is 0 Å². The molecule has 0 aromatic carbocycles. The van der Waals surface area contributed by atoms with Gasteiger partial charge in [0.2, 0.25) is 5.95 Å². The van der Waals surface area contributed by atoms with E-state index < -0.39 is 17.7 Å². The van der Waals surface area contributed by atoms with Gasteiger partial charge in [-0.15, -0.1) is 11.3 Å². The number of rotatable bonds is 4. The van der Waals surface area contributed by atoms with Crippen LogP contribution in [0.4, 0.5) is 8.78 Å². The number of nitrogens with zero attached hydrogens (tertiary/aromatic N) is 1. The molecule has 0 radical (unpaired) electrons. The Morgan fingerprint density at radius 3 is 2.80 bits per heavy atom. The number of aromatic nitrogens is 1. The smallest absolute Gasteiger partial charge is 0.254 e. The Hall–Kier alpha value is -1.82. The molecule has 0 saturated heterocycles. The van der Waals surface area contributed by atoms with Crippen LogP contribution in [0.3, 0.4) is 0 Å². The number of carbonyl (C=O) groups is 1. The Morgan fingerprint density at radius 1 is 1.40 bits per heavy atom. The van der Waals surface area contributed by atoms with Gasteiger partial charge in [0, 0.05) is 23.0 Å². The number of carbonyl (C=O) groups excluding carboxylic acids is 1. The molecule has 0 saturated carbocycles. The molecule has 1 N–H and O–H groups in total. The molecule has 0 aliphatic rings. The van der Waals surface area contributed by atoms with Gasteiger partial charge in [-0.05, 0) is 17.5 Å². The molecule has 0 atom stereocenters. The van der Waals surface area contributed by atoms with E-state index in [1.807, 2.05) is 31.4 Å². The minimum absolute atomic E-state index is 0.272. The molecule has 106 valence electrons. The highest BCUT2D eigenvalue weighted by Gasteiger charge is 2.24. The van der Waals surface area contributed by atoms with E-state index in [0.717, 1.165) is 17.1 Å². The molecule has 0 spiro atoms. The van der Waals surface area contributed by atoms with Crippen LogP contribution in [-0.4, -0.2) is 17.4 Å². The van der Waals surface area contributed by atoms with Crippen molar-refractivity contribution in [2.24, 2.45) is 0 Å². The number of pyridine rings is 1. The van der Waals surface area contributed by atoms with Crippen molar-refractivity contribution in [2.75, 3.05) is 6.54 Å². The maximum Gasteiger partial charge on any atom is 0.254 e. The van der Waals surface area contributed by atoms with E-state index >= 15 is 0 Å². The number of halogens is 2. The van der Waals surface area contributed by atoms with E-state index in [1.165, 1.54) is 0 Å². The summed E-state index contributed by atoms with van der Waals surface area (Å²) in [6, 6.07) is 5.07. The Labute approximate surface area is 119 Å². The van der Waals surface area contributed by atoms with E-state index in [4.69, 9.17) is 0 Å². The van der Waals surface area contributed by atoms with Gasteiger partial charge < -0.3 is 5.32 Å². The van der Waals surface area contributed by atoms with E-state index in [9.17, 15) is 13.6 Å². The summed E-state index contributed by atoms with van der Waals surface area (Å²) in [6.45, 7) is 4.28. The first kappa shape index (κ1) is 14.6. The molecule has 6 heteroatoms. The van der Waals surface area contributed by atoms with Crippen LogP contribution in [0.5, 0.6) is 0 Å². The van der Waals surface area contributed by atoms with Gasteiger partial charge in [-0.25, -0.2) is 9.37 Å². The van der Waals surface area contributed by atoms with E-state index in [0.29, 0.717) is 6.54 Å². The SMILES string of the molecule is CC(C)(CNC(=O)c1ccnc(F)c1F)c1cccs1. The van der Waals surface area contributed by atoms with E-state index in [1.54, 1.807) is 11.3 Å². The maximum absolute atomic E-state index is 13.4. The molecule has 0 bridgehead atoms. The lowest BCUT2D eigenvalue weighted by Crippen LogP contribution is -2.36. The summed E-state index contributed by atoms with van der Waals surface area (Å²) in [6.07, 6.45) is 1.07. The number of nitrogens with one attached hydrogen (secondary N) is 1. The van der Waals surface area contributed by atoms with Crippen LogP contribution in [0.15, 0.2) is 29.8 Å². The average molecular weight is 296 g/mol.